The molecule has 220 valence electrons. The van der Waals surface area contributed by atoms with E-state index in [1.54, 1.807) is 42.5 Å². The van der Waals surface area contributed by atoms with Gasteiger partial charge in [0.05, 0.1) is 33.3 Å². The Morgan fingerprint density at radius 2 is 1.52 bits per heavy atom. The lowest BCUT2D eigenvalue weighted by Crippen LogP contribution is -2.49. The van der Waals surface area contributed by atoms with Crippen molar-refractivity contribution in [2.24, 2.45) is 5.92 Å². The SMILES string of the molecule is COc1cccc(C(=O)[C@H]2[C@H](C(=O)c3ccc(OC)c(OC)c3)N3C=Cc4ccccc4[C@@H]3[C@]23C(=O)Nc2ccccc23)c1. The summed E-state index contributed by atoms with van der Waals surface area (Å²) in [5.74, 6) is -0.677. The van der Waals surface area contributed by atoms with Crippen LogP contribution in [0.3, 0.4) is 0 Å². The molecule has 1 fully saturated rings. The average Bonchev–Trinajstić information content (AvgIpc) is 3.55. The lowest BCUT2D eigenvalue weighted by atomic mass is 9.62. The first-order chi connectivity index (χ1) is 21.4. The summed E-state index contributed by atoms with van der Waals surface area (Å²) in [6.07, 6.45) is 3.79. The average molecular weight is 587 g/mol. The van der Waals surface area contributed by atoms with Crippen LogP contribution in [0.15, 0.2) is 97.2 Å². The number of ketones is 2. The van der Waals surface area contributed by atoms with Crippen LogP contribution in [0, 0.1) is 5.92 Å². The van der Waals surface area contributed by atoms with Gasteiger partial charge in [0.25, 0.3) is 0 Å². The number of anilines is 1. The molecule has 3 aliphatic rings. The maximum Gasteiger partial charge on any atom is 0.238 e. The number of carbonyl (C=O) groups excluding carboxylic acids is 3. The number of nitrogens with one attached hydrogen (secondary N) is 1. The van der Waals surface area contributed by atoms with Crippen LogP contribution in [0.2, 0.25) is 0 Å². The molecule has 8 heteroatoms. The second kappa shape index (κ2) is 10.4. The Balaban J connectivity index is 1.52. The zero-order valence-corrected chi connectivity index (χ0v) is 24.4. The van der Waals surface area contributed by atoms with Crippen molar-refractivity contribution in [2.45, 2.75) is 17.5 Å². The monoisotopic (exact) mass is 586 g/mol. The van der Waals surface area contributed by atoms with E-state index in [0.29, 0.717) is 39.6 Å². The molecule has 1 N–H and O–H groups in total. The van der Waals surface area contributed by atoms with Gasteiger partial charge in [-0.25, -0.2) is 0 Å². The second-order valence-corrected chi connectivity index (χ2v) is 11.1. The predicted octanol–water partition coefficient (Wildman–Crippen LogP) is 5.69. The van der Waals surface area contributed by atoms with Gasteiger partial charge in [0.2, 0.25) is 5.91 Å². The van der Waals surface area contributed by atoms with Crippen molar-refractivity contribution in [3.63, 3.8) is 0 Å². The van der Waals surface area contributed by atoms with E-state index < -0.39 is 23.4 Å². The van der Waals surface area contributed by atoms with Crippen LogP contribution >= 0.6 is 0 Å². The Morgan fingerprint density at radius 1 is 0.773 bits per heavy atom. The molecule has 8 nitrogen and oxygen atoms in total. The van der Waals surface area contributed by atoms with E-state index in [1.807, 2.05) is 65.7 Å². The molecule has 4 aromatic rings. The highest BCUT2D eigenvalue weighted by Gasteiger charge is 2.70. The first-order valence-electron chi connectivity index (χ1n) is 14.3. The van der Waals surface area contributed by atoms with Gasteiger partial charge in [-0.2, -0.15) is 0 Å². The maximum absolute atomic E-state index is 15.0. The van der Waals surface area contributed by atoms with E-state index in [2.05, 4.69) is 5.32 Å². The van der Waals surface area contributed by atoms with E-state index in [9.17, 15) is 14.4 Å². The minimum Gasteiger partial charge on any atom is -0.497 e. The van der Waals surface area contributed by atoms with Crippen molar-refractivity contribution < 1.29 is 28.6 Å². The molecular formula is C36H30N2O6. The van der Waals surface area contributed by atoms with Gasteiger partial charge >= 0.3 is 0 Å². The standard InChI is InChI=1S/C36H30N2O6/c1-42-24-11-8-10-22(19-24)32(39)30-31(33(40)23-15-16-28(43-2)29(20-23)44-3)38-18-17-21-9-4-5-12-25(21)34(38)36(30)26-13-6-7-14-27(26)37-35(36)41/h4-20,30-31,34H,1-3H3,(H,37,41)/t30-,31-,34-,36-/m1/s1. The number of benzene rings is 4. The van der Waals surface area contributed by atoms with E-state index in [-0.39, 0.29) is 17.5 Å². The Labute approximate surface area is 254 Å². The predicted molar refractivity (Wildman–Crippen MR) is 165 cm³/mol. The van der Waals surface area contributed by atoms with E-state index in [0.717, 1.165) is 11.1 Å². The number of Topliss-reactive ketones (excluding diaryl/α,β-unsaturated/α-hetero) is 2. The first-order valence-corrected chi connectivity index (χ1v) is 14.3. The number of para-hydroxylation sites is 1. The number of rotatable bonds is 7. The highest BCUT2D eigenvalue weighted by atomic mass is 16.5. The van der Waals surface area contributed by atoms with Crippen molar-refractivity contribution in [1.29, 1.82) is 0 Å². The van der Waals surface area contributed by atoms with Gasteiger partial charge in [0.15, 0.2) is 23.1 Å². The molecule has 0 saturated carbocycles. The quantitative estimate of drug-likeness (QED) is 0.278. The van der Waals surface area contributed by atoms with Crippen LogP contribution in [0.25, 0.3) is 6.08 Å². The summed E-state index contributed by atoms with van der Waals surface area (Å²) in [6, 6.07) is 25.4. The van der Waals surface area contributed by atoms with E-state index in [1.165, 1.54) is 21.3 Å². The van der Waals surface area contributed by atoms with Crippen LogP contribution < -0.4 is 19.5 Å². The molecule has 1 saturated heterocycles. The number of hydrogen-bond donors (Lipinski definition) is 1. The molecule has 4 atom stereocenters. The van der Waals surface area contributed by atoms with Gasteiger partial charge in [0.1, 0.15) is 17.2 Å². The van der Waals surface area contributed by atoms with Gasteiger partial charge < -0.3 is 24.4 Å². The molecule has 0 aromatic heterocycles. The summed E-state index contributed by atoms with van der Waals surface area (Å²) in [4.78, 5) is 46.3. The molecule has 0 bridgehead atoms. The van der Waals surface area contributed by atoms with Crippen molar-refractivity contribution in [3.05, 3.63) is 125 Å². The van der Waals surface area contributed by atoms with Crippen LogP contribution in [0.4, 0.5) is 5.69 Å². The molecule has 1 spiro atoms. The topological polar surface area (TPSA) is 94.2 Å². The van der Waals surface area contributed by atoms with Gasteiger partial charge in [0, 0.05) is 23.0 Å². The lowest BCUT2D eigenvalue weighted by Gasteiger charge is -2.38. The highest BCUT2D eigenvalue weighted by Crippen LogP contribution is 2.62. The fourth-order valence-electron chi connectivity index (χ4n) is 7.28. The molecule has 0 unspecified atom stereocenters. The Morgan fingerprint density at radius 3 is 2.32 bits per heavy atom. The maximum atomic E-state index is 15.0. The summed E-state index contributed by atoms with van der Waals surface area (Å²) in [6.45, 7) is 0. The summed E-state index contributed by atoms with van der Waals surface area (Å²) in [5.41, 5.74) is 2.39. The lowest BCUT2D eigenvalue weighted by molar-refractivity contribution is -0.122. The van der Waals surface area contributed by atoms with Gasteiger partial charge in [-0.3, -0.25) is 14.4 Å². The van der Waals surface area contributed by atoms with Crippen LogP contribution in [-0.4, -0.2) is 49.7 Å². The van der Waals surface area contributed by atoms with Gasteiger partial charge in [-0.15, -0.1) is 0 Å². The number of ether oxygens (including phenoxy) is 3. The van der Waals surface area contributed by atoms with Gasteiger partial charge in [-0.1, -0.05) is 54.6 Å². The third kappa shape index (κ3) is 3.80. The van der Waals surface area contributed by atoms with Crippen molar-refractivity contribution in [3.8, 4) is 17.2 Å². The van der Waals surface area contributed by atoms with Crippen LogP contribution in [0.5, 0.6) is 17.2 Å². The summed E-state index contributed by atoms with van der Waals surface area (Å²) >= 11 is 0. The second-order valence-electron chi connectivity index (χ2n) is 11.1. The zero-order valence-electron chi connectivity index (χ0n) is 24.4. The smallest absolute Gasteiger partial charge is 0.238 e. The Bertz CT molecular complexity index is 1870. The van der Waals surface area contributed by atoms with Gasteiger partial charge in [-0.05, 0) is 59.2 Å². The molecule has 0 radical (unpaired) electrons. The molecule has 4 aromatic carbocycles. The minimum absolute atomic E-state index is 0.310. The van der Waals surface area contributed by atoms with Crippen molar-refractivity contribution in [1.82, 2.24) is 4.90 Å². The molecular weight excluding hydrogens is 556 g/mol. The number of carbonyl (C=O) groups is 3. The van der Waals surface area contributed by atoms with E-state index in [4.69, 9.17) is 14.2 Å². The Kier molecular flexibility index (Phi) is 6.50. The molecule has 1 amide bonds. The molecule has 44 heavy (non-hydrogen) atoms. The number of amides is 1. The van der Waals surface area contributed by atoms with Crippen LogP contribution in [-0.2, 0) is 10.2 Å². The van der Waals surface area contributed by atoms with E-state index >= 15 is 0 Å². The number of nitrogens with zero attached hydrogens (tertiary/aromatic N) is 1. The highest BCUT2D eigenvalue weighted by molar-refractivity contribution is 6.16. The fraction of sp³-hybridized carbons (Fsp3) is 0.194. The summed E-state index contributed by atoms with van der Waals surface area (Å²) < 4.78 is 16.4. The van der Waals surface area contributed by atoms with Crippen molar-refractivity contribution >= 4 is 29.2 Å². The molecule has 0 aliphatic carbocycles. The Hall–Kier alpha value is -5.37. The third-order valence-electron chi connectivity index (χ3n) is 9.14. The molecule has 7 rings (SSSR count). The first kappa shape index (κ1) is 27.5. The third-order valence-corrected chi connectivity index (χ3v) is 9.14. The zero-order chi connectivity index (χ0) is 30.6. The number of fused-ring (bicyclic) bond motifs is 6. The largest absolute Gasteiger partial charge is 0.497 e. The molecule has 3 heterocycles. The number of hydrogen-bond acceptors (Lipinski definition) is 7. The fourth-order valence-corrected chi connectivity index (χ4v) is 7.28. The molecule has 3 aliphatic heterocycles. The van der Waals surface area contributed by atoms with Crippen molar-refractivity contribution in [2.75, 3.05) is 26.6 Å². The summed E-state index contributed by atoms with van der Waals surface area (Å²) in [7, 11) is 4.57. The summed E-state index contributed by atoms with van der Waals surface area (Å²) in [5, 5.41) is 3.07. The number of methoxy groups -OCH3 is 3. The van der Waals surface area contributed by atoms with Crippen LogP contribution in [0.1, 0.15) is 43.4 Å². The minimum atomic E-state index is -1.42. The normalized spacial score (nSPS) is 22.6.